The van der Waals surface area contributed by atoms with Crippen molar-refractivity contribution in [3.05, 3.63) is 57.3 Å². The Labute approximate surface area is 218 Å². The average molecular weight is 509 g/mol. The third-order valence-electron chi connectivity index (χ3n) is 6.84. The van der Waals surface area contributed by atoms with Gasteiger partial charge in [-0.3, -0.25) is 14.4 Å². The van der Waals surface area contributed by atoms with E-state index < -0.39 is 5.91 Å². The first-order valence-corrected chi connectivity index (χ1v) is 12.7. The number of nitrogens with zero attached hydrogens (tertiary/aromatic N) is 3. The number of benzene rings is 1. The molecule has 1 saturated carbocycles. The summed E-state index contributed by atoms with van der Waals surface area (Å²) in [5.41, 5.74) is 3.81. The van der Waals surface area contributed by atoms with Gasteiger partial charge in [-0.2, -0.15) is 5.26 Å². The van der Waals surface area contributed by atoms with Gasteiger partial charge in [-0.05, 0) is 68.0 Å². The van der Waals surface area contributed by atoms with Crippen LogP contribution in [0.4, 0.5) is 5.69 Å². The van der Waals surface area contributed by atoms with Gasteiger partial charge in [-0.15, -0.1) is 0 Å². The standard InChI is InChI=1S/C28H33ClN4O3/c1-19-23(14-20-8-11-33(12-9-20)28(36)21-6-4-5-7-21)15-24(29)17-26(19)31-27(35)22(10-13-34)16-25(18-30)32(2)3/h10,13-17,21H,4-9,11-12H2,1-3H3,(H,31,35)/b22-10+,25-16-. The zero-order valence-electron chi connectivity index (χ0n) is 21.1. The molecule has 2 fully saturated rings. The Morgan fingerprint density at radius 1 is 1.19 bits per heavy atom. The number of piperidine rings is 1. The Kier molecular flexibility index (Phi) is 9.49. The molecule has 8 heteroatoms. The molecule has 0 radical (unpaired) electrons. The van der Waals surface area contributed by atoms with Gasteiger partial charge in [0.2, 0.25) is 5.91 Å². The summed E-state index contributed by atoms with van der Waals surface area (Å²) < 4.78 is 0. The molecular formula is C28H33ClN4O3. The number of nitrogens with one attached hydrogen (secondary N) is 1. The number of carbonyl (C=O) groups excluding carboxylic acids is 3. The molecular weight excluding hydrogens is 476 g/mol. The number of rotatable bonds is 7. The summed E-state index contributed by atoms with van der Waals surface area (Å²) in [5.74, 6) is -0.0104. The number of allylic oxidation sites excluding steroid dienone is 2. The third kappa shape index (κ3) is 6.86. The van der Waals surface area contributed by atoms with Crippen LogP contribution in [0.15, 0.2) is 41.1 Å². The van der Waals surface area contributed by atoms with Crippen LogP contribution in [0.3, 0.4) is 0 Å². The normalized spacial score (nSPS) is 17.0. The van der Waals surface area contributed by atoms with Gasteiger partial charge in [0.1, 0.15) is 18.1 Å². The summed E-state index contributed by atoms with van der Waals surface area (Å²) in [6.07, 6.45) is 11.1. The fourth-order valence-corrected chi connectivity index (χ4v) is 4.88. The van der Waals surface area contributed by atoms with Crippen LogP contribution in [0.25, 0.3) is 6.08 Å². The highest BCUT2D eigenvalue weighted by molar-refractivity contribution is 6.31. The van der Waals surface area contributed by atoms with E-state index in [1.807, 2.05) is 24.0 Å². The number of hydrogen-bond acceptors (Lipinski definition) is 5. The molecule has 0 atom stereocenters. The van der Waals surface area contributed by atoms with Gasteiger partial charge in [0.25, 0.3) is 5.91 Å². The number of nitriles is 1. The Bertz CT molecular complexity index is 1140. The Balaban J connectivity index is 1.76. The minimum atomic E-state index is -0.514. The van der Waals surface area contributed by atoms with Crippen molar-refractivity contribution < 1.29 is 14.4 Å². The van der Waals surface area contributed by atoms with Crippen LogP contribution in [0.2, 0.25) is 5.02 Å². The summed E-state index contributed by atoms with van der Waals surface area (Å²) in [6, 6.07) is 5.53. The number of halogens is 1. The molecule has 1 N–H and O–H groups in total. The number of hydrogen-bond donors (Lipinski definition) is 1. The van der Waals surface area contributed by atoms with Crippen molar-refractivity contribution in [2.24, 2.45) is 5.92 Å². The van der Waals surface area contributed by atoms with E-state index in [2.05, 4.69) is 11.4 Å². The number of aldehydes is 1. The largest absolute Gasteiger partial charge is 0.369 e. The lowest BCUT2D eigenvalue weighted by Crippen LogP contribution is -2.39. The number of amides is 2. The Morgan fingerprint density at radius 2 is 1.86 bits per heavy atom. The molecule has 1 saturated heterocycles. The van der Waals surface area contributed by atoms with Gasteiger partial charge in [0, 0.05) is 49.4 Å². The molecule has 1 aromatic rings. The topological polar surface area (TPSA) is 93.5 Å². The lowest BCUT2D eigenvalue weighted by molar-refractivity contribution is -0.135. The summed E-state index contributed by atoms with van der Waals surface area (Å²) in [6.45, 7) is 3.35. The molecule has 1 aliphatic heterocycles. The first-order chi connectivity index (χ1) is 17.2. The lowest BCUT2D eigenvalue weighted by Gasteiger charge is -2.30. The van der Waals surface area contributed by atoms with E-state index in [0.717, 1.165) is 68.8 Å². The van der Waals surface area contributed by atoms with Crippen LogP contribution >= 0.6 is 11.6 Å². The molecule has 2 amide bonds. The lowest BCUT2D eigenvalue weighted by atomic mass is 9.96. The maximum atomic E-state index is 12.9. The molecule has 2 aliphatic rings. The van der Waals surface area contributed by atoms with Crippen LogP contribution in [-0.4, -0.2) is 55.1 Å². The smallest absolute Gasteiger partial charge is 0.255 e. The highest BCUT2D eigenvalue weighted by Gasteiger charge is 2.28. The van der Waals surface area contributed by atoms with E-state index in [4.69, 9.17) is 11.6 Å². The number of carbonyl (C=O) groups is 3. The van der Waals surface area contributed by atoms with Crippen molar-refractivity contribution in [3.8, 4) is 6.07 Å². The van der Waals surface area contributed by atoms with E-state index in [-0.39, 0.29) is 17.2 Å². The second-order valence-corrected chi connectivity index (χ2v) is 9.96. The molecule has 36 heavy (non-hydrogen) atoms. The molecule has 190 valence electrons. The third-order valence-corrected chi connectivity index (χ3v) is 7.06. The van der Waals surface area contributed by atoms with E-state index in [1.54, 1.807) is 25.1 Å². The minimum absolute atomic E-state index is 0.0637. The van der Waals surface area contributed by atoms with E-state index in [1.165, 1.54) is 11.6 Å². The summed E-state index contributed by atoms with van der Waals surface area (Å²) >= 11 is 6.38. The molecule has 0 unspecified atom stereocenters. The van der Waals surface area contributed by atoms with E-state index in [9.17, 15) is 19.6 Å². The van der Waals surface area contributed by atoms with Crippen molar-refractivity contribution in [3.63, 3.8) is 0 Å². The van der Waals surface area contributed by atoms with Gasteiger partial charge in [-0.25, -0.2) is 0 Å². The summed E-state index contributed by atoms with van der Waals surface area (Å²) in [4.78, 5) is 40.4. The molecule has 0 aromatic heterocycles. The van der Waals surface area contributed by atoms with Crippen LogP contribution in [-0.2, 0) is 14.4 Å². The van der Waals surface area contributed by atoms with Gasteiger partial charge in [0.15, 0.2) is 0 Å². The van der Waals surface area contributed by atoms with Gasteiger partial charge < -0.3 is 15.1 Å². The van der Waals surface area contributed by atoms with E-state index in [0.29, 0.717) is 22.9 Å². The predicted octanol–water partition coefficient (Wildman–Crippen LogP) is 4.88. The highest BCUT2D eigenvalue weighted by Crippen LogP contribution is 2.31. The van der Waals surface area contributed by atoms with Crippen LogP contribution in [0, 0.1) is 24.2 Å². The monoisotopic (exact) mass is 508 g/mol. The second kappa shape index (κ2) is 12.5. The highest BCUT2D eigenvalue weighted by atomic mass is 35.5. The molecule has 0 spiro atoms. The quantitative estimate of drug-likeness (QED) is 0.245. The molecule has 1 aromatic carbocycles. The zero-order valence-corrected chi connectivity index (χ0v) is 21.9. The maximum absolute atomic E-state index is 12.9. The van der Waals surface area contributed by atoms with Crippen molar-refractivity contribution in [1.29, 1.82) is 5.26 Å². The average Bonchev–Trinajstić information content (AvgIpc) is 3.39. The maximum Gasteiger partial charge on any atom is 0.255 e. The van der Waals surface area contributed by atoms with Gasteiger partial charge in [0.05, 0.1) is 0 Å². The fourth-order valence-electron chi connectivity index (χ4n) is 4.66. The van der Waals surface area contributed by atoms with Crippen molar-refractivity contribution in [2.45, 2.75) is 45.4 Å². The molecule has 7 nitrogen and oxygen atoms in total. The SMILES string of the molecule is Cc1c(C=C2CCN(C(=O)C3CCCC3)CC2)cc(Cl)cc1NC(=O)C(/C=C(/C#N)N(C)C)=C/C=O. The van der Waals surface area contributed by atoms with Crippen LogP contribution in [0.5, 0.6) is 0 Å². The second-order valence-electron chi connectivity index (χ2n) is 9.52. The Morgan fingerprint density at radius 3 is 2.44 bits per heavy atom. The first kappa shape index (κ1) is 27.2. The molecule has 0 bridgehead atoms. The summed E-state index contributed by atoms with van der Waals surface area (Å²) in [5, 5.41) is 12.6. The number of likely N-dealkylation sites (tertiary alicyclic amines) is 1. The molecule has 3 rings (SSSR count). The predicted molar refractivity (Wildman–Crippen MR) is 142 cm³/mol. The Hall–Kier alpha value is -3.37. The van der Waals surface area contributed by atoms with Gasteiger partial charge >= 0.3 is 0 Å². The first-order valence-electron chi connectivity index (χ1n) is 12.3. The number of anilines is 1. The summed E-state index contributed by atoms with van der Waals surface area (Å²) in [7, 11) is 3.36. The van der Waals surface area contributed by atoms with Gasteiger partial charge in [-0.1, -0.05) is 36.1 Å². The minimum Gasteiger partial charge on any atom is -0.369 e. The van der Waals surface area contributed by atoms with Crippen LogP contribution in [0.1, 0.15) is 49.7 Å². The zero-order chi connectivity index (χ0) is 26.2. The van der Waals surface area contributed by atoms with Crippen molar-refractivity contribution in [2.75, 3.05) is 32.5 Å². The molecule has 1 heterocycles. The van der Waals surface area contributed by atoms with Crippen molar-refractivity contribution in [1.82, 2.24) is 9.80 Å². The van der Waals surface area contributed by atoms with Crippen molar-refractivity contribution >= 4 is 41.5 Å². The fraction of sp³-hybridized carbons (Fsp3) is 0.429. The molecule has 1 aliphatic carbocycles. The van der Waals surface area contributed by atoms with E-state index >= 15 is 0 Å². The van der Waals surface area contributed by atoms with Crippen LogP contribution < -0.4 is 5.32 Å².